The van der Waals surface area contributed by atoms with Gasteiger partial charge in [0.05, 0.1) is 23.8 Å². The highest BCUT2D eigenvalue weighted by molar-refractivity contribution is 6.31. The Kier molecular flexibility index (Phi) is 3.98. The van der Waals surface area contributed by atoms with Gasteiger partial charge in [0, 0.05) is 6.07 Å². The predicted molar refractivity (Wildman–Crippen MR) is 58.6 cm³/mol. The largest absolute Gasteiger partial charge is 0.494 e. The van der Waals surface area contributed by atoms with E-state index >= 15 is 0 Å². The zero-order chi connectivity index (χ0) is 12.8. The molecule has 0 fully saturated rings. The van der Waals surface area contributed by atoms with Gasteiger partial charge in [-0.1, -0.05) is 5.16 Å². The van der Waals surface area contributed by atoms with E-state index in [9.17, 15) is 14.9 Å². The van der Waals surface area contributed by atoms with Crippen molar-refractivity contribution in [1.82, 2.24) is 0 Å². The normalized spacial score (nSPS) is 10.2. The van der Waals surface area contributed by atoms with Gasteiger partial charge in [-0.15, -0.1) is 0 Å². The van der Waals surface area contributed by atoms with Crippen molar-refractivity contribution in [3.05, 3.63) is 28.3 Å². The molecule has 0 aliphatic heterocycles. The third kappa shape index (κ3) is 3.16. The third-order valence-corrected chi connectivity index (χ3v) is 1.83. The smallest absolute Gasteiger partial charge is 0.273 e. The number of nitro groups is 1. The highest BCUT2D eigenvalue weighted by Crippen LogP contribution is 2.28. The Balaban J connectivity index is 3.00. The van der Waals surface area contributed by atoms with E-state index in [1.807, 2.05) is 0 Å². The molecule has 17 heavy (non-hydrogen) atoms. The van der Waals surface area contributed by atoms with Gasteiger partial charge in [0.1, 0.15) is 12.0 Å². The third-order valence-electron chi connectivity index (χ3n) is 1.83. The molecule has 0 saturated carbocycles. The zero-order valence-electron chi connectivity index (χ0n) is 8.78. The maximum Gasteiger partial charge on any atom is 0.273 e. The number of methoxy groups -OCH3 is 1. The van der Waals surface area contributed by atoms with E-state index in [-0.39, 0.29) is 17.1 Å². The molecule has 1 aromatic carbocycles. The number of carbonyl (C=O) groups excluding carboxylic acids is 1. The van der Waals surface area contributed by atoms with E-state index in [1.54, 1.807) is 0 Å². The van der Waals surface area contributed by atoms with Crippen LogP contribution in [-0.2, 0) is 4.79 Å². The molecule has 1 rings (SSSR count). The molecule has 0 heterocycles. The topological polar surface area (TPSA) is 114 Å². The van der Waals surface area contributed by atoms with Crippen LogP contribution in [0.3, 0.4) is 0 Å². The Labute approximate surface area is 95.6 Å². The van der Waals surface area contributed by atoms with Crippen LogP contribution >= 0.6 is 0 Å². The molecule has 0 unspecified atom stereocenters. The van der Waals surface area contributed by atoms with Crippen molar-refractivity contribution >= 4 is 23.5 Å². The van der Waals surface area contributed by atoms with Crippen LogP contribution in [0.4, 0.5) is 11.4 Å². The maximum absolute atomic E-state index is 11.1. The van der Waals surface area contributed by atoms with Crippen molar-refractivity contribution in [2.24, 2.45) is 5.16 Å². The van der Waals surface area contributed by atoms with E-state index in [1.165, 1.54) is 25.3 Å². The van der Waals surface area contributed by atoms with Gasteiger partial charge in [0.15, 0.2) is 0 Å². The number of ether oxygens (including phenoxy) is 1. The van der Waals surface area contributed by atoms with Crippen LogP contribution in [0.2, 0.25) is 0 Å². The Morgan fingerprint density at radius 3 is 2.88 bits per heavy atom. The number of hydrogen-bond acceptors (Lipinski definition) is 6. The van der Waals surface area contributed by atoms with Crippen LogP contribution < -0.4 is 10.1 Å². The lowest BCUT2D eigenvalue weighted by atomic mass is 10.2. The first-order valence-corrected chi connectivity index (χ1v) is 4.39. The fraction of sp³-hybridized carbons (Fsp3) is 0.111. The molecule has 1 aromatic rings. The molecule has 8 heteroatoms. The molecule has 0 atom stereocenters. The van der Waals surface area contributed by atoms with Crippen LogP contribution in [0, 0.1) is 10.1 Å². The van der Waals surface area contributed by atoms with Crippen LogP contribution in [0.15, 0.2) is 23.4 Å². The summed E-state index contributed by atoms with van der Waals surface area (Å²) in [5.41, 5.74) is 0.0821. The number of rotatable bonds is 4. The Morgan fingerprint density at radius 2 is 2.35 bits per heavy atom. The van der Waals surface area contributed by atoms with Gasteiger partial charge in [-0.05, 0) is 6.07 Å². The lowest BCUT2D eigenvalue weighted by molar-refractivity contribution is -0.384. The summed E-state index contributed by atoms with van der Waals surface area (Å²) < 4.78 is 4.89. The second-order valence-corrected chi connectivity index (χ2v) is 2.88. The summed E-state index contributed by atoms with van der Waals surface area (Å²) in [5.74, 6) is -0.543. The maximum atomic E-state index is 11.1. The number of carbonyl (C=O) groups is 1. The molecular weight excluding hydrogens is 230 g/mol. The lowest BCUT2D eigenvalue weighted by Crippen LogP contribution is -2.13. The predicted octanol–water partition coefficient (Wildman–Crippen LogP) is 1.00. The number of oxime groups is 1. The van der Waals surface area contributed by atoms with E-state index in [0.29, 0.717) is 6.21 Å². The van der Waals surface area contributed by atoms with Crippen LogP contribution in [0.25, 0.3) is 0 Å². The van der Waals surface area contributed by atoms with E-state index in [4.69, 9.17) is 9.94 Å². The number of nitrogens with one attached hydrogen (secondary N) is 1. The molecule has 0 spiro atoms. The van der Waals surface area contributed by atoms with Gasteiger partial charge in [0.2, 0.25) is 0 Å². The molecule has 0 aliphatic carbocycles. The minimum absolute atomic E-state index is 0.138. The molecule has 2 N–H and O–H groups in total. The first-order chi connectivity index (χ1) is 8.08. The standard InChI is InChI=1S/C9H9N3O5/c1-17-8-4-6(12(15)16)2-3-7(8)11-9(13)5-10-14/h2-5,14H,1H3,(H,11,13). The van der Waals surface area contributed by atoms with Crippen LogP contribution in [0.5, 0.6) is 5.75 Å². The highest BCUT2D eigenvalue weighted by Gasteiger charge is 2.12. The molecular formula is C9H9N3O5. The van der Waals surface area contributed by atoms with Crippen molar-refractivity contribution in [2.75, 3.05) is 12.4 Å². The molecule has 0 aromatic heterocycles. The molecule has 90 valence electrons. The van der Waals surface area contributed by atoms with Crippen molar-refractivity contribution in [2.45, 2.75) is 0 Å². The van der Waals surface area contributed by atoms with E-state index in [0.717, 1.165) is 0 Å². The van der Waals surface area contributed by atoms with Crippen LogP contribution in [0.1, 0.15) is 0 Å². The molecule has 8 nitrogen and oxygen atoms in total. The first-order valence-electron chi connectivity index (χ1n) is 4.39. The number of amides is 1. The fourth-order valence-corrected chi connectivity index (χ4v) is 1.11. The average Bonchev–Trinajstić information content (AvgIpc) is 2.29. The molecule has 0 saturated heterocycles. The second-order valence-electron chi connectivity index (χ2n) is 2.88. The fourth-order valence-electron chi connectivity index (χ4n) is 1.11. The summed E-state index contributed by atoms with van der Waals surface area (Å²) in [6, 6.07) is 3.71. The van der Waals surface area contributed by atoms with Gasteiger partial charge in [-0.3, -0.25) is 14.9 Å². The van der Waals surface area contributed by atoms with Gasteiger partial charge < -0.3 is 15.3 Å². The first kappa shape index (κ1) is 12.4. The molecule has 1 amide bonds. The van der Waals surface area contributed by atoms with Crippen molar-refractivity contribution in [3.63, 3.8) is 0 Å². The molecule has 0 aliphatic rings. The number of nitro benzene ring substituents is 1. The van der Waals surface area contributed by atoms with Gasteiger partial charge in [-0.25, -0.2) is 0 Å². The van der Waals surface area contributed by atoms with E-state index < -0.39 is 10.8 Å². The van der Waals surface area contributed by atoms with Crippen molar-refractivity contribution < 1.29 is 19.7 Å². The van der Waals surface area contributed by atoms with E-state index in [2.05, 4.69) is 10.5 Å². The second kappa shape index (κ2) is 5.45. The number of hydrogen-bond donors (Lipinski definition) is 2. The number of benzene rings is 1. The Morgan fingerprint density at radius 1 is 1.65 bits per heavy atom. The Hall–Kier alpha value is -2.64. The number of non-ortho nitro benzene ring substituents is 1. The quantitative estimate of drug-likeness (QED) is 0.352. The number of nitrogens with zero attached hydrogens (tertiary/aromatic N) is 2. The van der Waals surface area contributed by atoms with Crippen molar-refractivity contribution in [1.29, 1.82) is 0 Å². The Bertz CT molecular complexity index is 472. The minimum atomic E-state index is -0.681. The SMILES string of the molecule is COc1cc([N+](=O)[O-])ccc1NC(=O)C=NO. The average molecular weight is 239 g/mol. The van der Waals surface area contributed by atoms with Gasteiger partial charge >= 0.3 is 0 Å². The minimum Gasteiger partial charge on any atom is -0.494 e. The van der Waals surface area contributed by atoms with Crippen molar-refractivity contribution in [3.8, 4) is 5.75 Å². The zero-order valence-corrected chi connectivity index (χ0v) is 8.78. The summed E-state index contributed by atoms with van der Waals surface area (Å²) in [6.45, 7) is 0. The number of anilines is 1. The van der Waals surface area contributed by atoms with Gasteiger partial charge in [-0.2, -0.15) is 0 Å². The molecule has 0 bridgehead atoms. The summed E-state index contributed by atoms with van der Waals surface area (Å²) in [5, 5.41) is 23.5. The summed E-state index contributed by atoms with van der Waals surface area (Å²) in [6.07, 6.45) is 0.654. The monoisotopic (exact) mass is 239 g/mol. The highest BCUT2D eigenvalue weighted by atomic mass is 16.6. The summed E-state index contributed by atoms with van der Waals surface area (Å²) in [7, 11) is 1.31. The van der Waals surface area contributed by atoms with Gasteiger partial charge in [0.25, 0.3) is 11.6 Å². The molecule has 0 radical (unpaired) electrons. The summed E-state index contributed by atoms with van der Waals surface area (Å²) >= 11 is 0. The lowest BCUT2D eigenvalue weighted by Gasteiger charge is -2.07. The summed E-state index contributed by atoms with van der Waals surface area (Å²) in [4.78, 5) is 21.0. The van der Waals surface area contributed by atoms with Crippen LogP contribution in [-0.4, -0.2) is 29.4 Å².